The first-order chi connectivity index (χ1) is 1.41. The van der Waals surface area contributed by atoms with Gasteiger partial charge < -0.3 is 0 Å². The molecule has 26 valence electrons. The van der Waals surface area contributed by atoms with E-state index in [9.17, 15) is 0 Å². The van der Waals surface area contributed by atoms with Crippen LogP contribution in [-0.2, 0) is 42.9 Å². The van der Waals surface area contributed by atoms with E-state index in [0.29, 0.717) is 0 Å². The van der Waals surface area contributed by atoms with E-state index in [-0.39, 0.29) is 20.1 Å². The fourth-order valence-electron chi connectivity index (χ4n) is 0. The molecule has 0 rings (SSSR count). The maximum atomic E-state index is 8.61. The molecule has 0 atom stereocenters. The van der Waals surface area contributed by atoms with Crippen LogP contribution in [0.5, 0.6) is 0 Å². The molecule has 0 aliphatic rings. The van der Waals surface area contributed by atoms with Crippen LogP contribution in [-0.4, -0.2) is 3.69 Å². The molecular weight excluding hydrogens is 272 g/mol. The Morgan fingerprint density at radius 2 is 1.75 bits per heavy atom. The van der Waals surface area contributed by atoms with Crippen molar-refractivity contribution in [2.24, 2.45) is 0 Å². The van der Waals surface area contributed by atoms with Gasteiger partial charge >= 0.3 is 26.5 Å². The van der Waals surface area contributed by atoms with E-state index in [2.05, 4.69) is 0 Å². The third kappa shape index (κ3) is 11.2. The van der Waals surface area contributed by atoms with Crippen molar-refractivity contribution in [3.05, 3.63) is 0 Å². The summed E-state index contributed by atoms with van der Waals surface area (Å²) in [5.74, 6) is 0. The summed E-state index contributed by atoms with van der Waals surface area (Å²) in [4.78, 5) is 0. The molecule has 1 radical (unpaired) electrons. The molecule has 4 heteroatoms. The summed E-state index contributed by atoms with van der Waals surface area (Å²) in [6.07, 6.45) is 0. The topological polar surface area (TPSA) is 37.3 Å². The first-order valence-corrected chi connectivity index (χ1v) is 1.76. The Kier molecular flexibility index (Phi) is 19.9. The van der Waals surface area contributed by atoms with Gasteiger partial charge in [0.1, 0.15) is 0 Å². The summed E-state index contributed by atoms with van der Waals surface area (Å²) in [6.45, 7) is 0. The van der Waals surface area contributed by atoms with Crippen LogP contribution in [0.2, 0.25) is 0 Å². The van der Waals surface area contributed by atoms with Gasteiger partial charge in [0.05, 0.1) is 0 Å². The average molecular weight is 273 g/mol. The molecule has 0 fully saturated rings. The third-order valence-corrected chi connectivity index (χ3v) is 0. The maximum absolute atomic E-state index is 8.61. The van der Waals surface area contributed by atoms with Crippen LogP contribution < -0.4 is 0 Å². The Morgan fingerprint density at radius 1 is 1.75 bits per heavy atom. The molecule has 0 aliphatic heterocycles. The van der Waals surface area contributed by atoms with Crippen LogP contribution >= 0.6 is 0 Å². The normalized spacial score (nSPS) is 2.25. The van der Waals surface area contributed by atoms with E-state index in [1.807, 2.05) is 0 Å². The number of rotatable bonds is 0. The zero-order valence-corrected chi connectivity index (χ0v) is 5.65. The van der Waals surface area contributed by atoms with E-state index >= 15 is 0 Å². The van der Waals surface area contributed by atoms with E-state index < -0.39 is 19.5 Å². The van der Waals surface area contributed by atoms with Crippen molar-refractivity contribution in [1.29, 1.82) is 0 Å². The Morgan fingerprint density at radius 3 is 1.75 bits per heavy atom. The van der Waals surface area contributed by atoms with Crippen molar-refractivity contribution in [1.82, 2.24) is 0 Å². The van der Waals surface area contributed by atoms with E-state index in [1.165, 1.54) is 0 Å². The Labute approximate surface area is 46.7 Å². The molecule has 0 aliphatic carbocycles. The van der Waals surface area contributed by atoms with E-state index in [1.54, 1.807) is 0 Å². The van der Waals surface area contributed by atoms with Crippen molar-refractivity contribution < 1.29 is 46.6 Å². The average Bonchev–Trinajstić information content (AvgIpc) is 0.918. The Balaban J connectivity index is 0. The molecule has 0 aromatic heterocycles. The second-order valence-electron chi connectivity index (χ2n) is 0.0913. The zero-order valence-electron chi connectivity index (χ0n) is 1.69. The fourth-order valence-corrected chi connectivity index (χ4v) is 0. The Bertz CT molecular complexity index is 13.5. The summed E-state index contributed by atoms with van der Waals surface area (Å²) in [7, 11) is 0. The number of hydrogen-bond donors (Lipinski definition) is 1. The van der Waals surface area contributed by atoms with Gasteiger partial charge in [0, 0.05) is 20.1 Å². The first-order valence-electron chi connectivity index (χ1n) is 0.428. The molecule has 0 spiro atoms. The molecule has 0 heterocycles. The second kappa shape index (κ2) is 8.92. The molecule has 0 bridgehead atoms. The molecule has 0 aromatic carbocycles. The van der Waals surface area contributed by atoms with Gasteiger partial charge in [-0.05, 0) is 0 Å². The number of hydrogen-bond acceptors (Lipinski definition) is 1. The fraction of sp³-hybridized carbons (Fsp3) is 0. The summed E-state index contributed by atoms with van der Waals surface area (Å²) in [5, 5.41) is 0. The summed E-state index contributed by atoms with van der Waals surface area (Å²) in [5.41, 5.74) is 0. The van der Waals surface area contributed by atoms with Crippen LogP contribution in [0.4, 0.5) is 0 Å². The van der Waals surface area contributed by atoms with Crippen molar-refractivity contribution in [3.8, 4) is 0 Å². The van der Waals surface area contributed by atoms with Crippen LogP contribution in [0.1, 0.15) is 0 Å². The van der Waals surface area contributed by atoms with Crippen molar-refractivity contribution in [2.45, 2.75) is 0 Å². The Hall–Kier alpha value is 1.12. The predicted octanol–water partition coefficient (Wildman–Crippen LogP) is -0.681. The third-order valence-electron chi connectivity index (χ3n) is 0. The van der Waals surface area contributed by atoms with Crippen LogP contribution in [0, 0.1) is 0 Å². The molecule has 0 saturated heterocycles. The molecule has 0 amide bonds. The minimum absolute atomic E-state index is 0. The summed E-state index contributed by atoms with van der Waals surface area (Å²) in [6, 6.07) is 0. The van der Waals surface area contributed by atoms with Crippen molar-refractivity contribution in [2.75, 3.05) is 0 Å². The van der Waals surface area contributed by atoms with Crippen molar-refractivity contribution in [3.63, 3.8) is 0 Å². The van der Waals surface area contributed by atoms with Gasteiger partial charge in [-0.15, -0.1) is 0 Å². The van der Waals surface area contributed by atoms with Gasteiger partial charge in [-0.1, -0.05) is 0 Å². The van der Waals surface area contributed by atoms with Gasteiger partial charge in [-0.25, -0.2) is 0 Å². The molecule has 2 nitrogen and oxygen atoms in total. The molecule has 0 aromatic rings. The summed E-state index contributed by atoms with van der Waals surface area (Å²) >= 11 is -1.75. The monoisotopic (exact) mass is 274 g/mol. The van der Waals surface area contributed by atoms with E-state index in [0.717, 1.165) is 0 Å². The molecule has 0 saturated carbocycles. The van der Waals surface area contributed by atoms with Gasteiger partial charge in [0.2, 0.25) is 0 Å². The first kappa shape index (κ1) is 8.93. The van der Waals surface area contributed by atoms with Gasteiger partial charge in [0.15, 0.2) is 0 Å². The molecule has 4 heavy (non-hydrogen) atoms. The standard InChI is InChI=1S/Ir.H2O.O.Ti/h;1H2;;/q;;;+1/p-1. The molecule has 0 unspecified atom stereocenters. The second-order valence-corrected chi connectivity index (χ2v) is 0.376. The zero-order chi connectivity index (χ0) is 2.71. The molecule has 1 N–H and O–H groups in total. The minimum atomic E-state index is -1.75. The van der Waals surface area contributed by atoms with Gasteiger partial charge in [0.25, 0.3) is 0 Å². The van der Waals surface area contributed by atoms with E-state index in [4.69, 9.17) is 7.01 Å². The molecular formula is HIrO2Ti. The van der Waals surface area contributed by atoms with Crippen molar-refractivity contribution >= 4 is 0 Å². The SMILES string of the molecule is [Ir].[O]=[Ti][OH]. The van der Waals surface area contributed by atoms with Gasteiger partial charge in [-0.2, -0.15) is 0 Å². The van der Waals surface area contributed by atoms with Crippen LogP contribution in [0.3, 0.4) is 0 Å². The van der Waals surface area contributed by atoms with Crippen LogP contribution in [0.25, 0.3) is 0 Å². The summed E-state index contributed by atoms with van der Waals surface area (Å²) < 4.78 is 15.8. The van der Waals surface area contributed by atoms with Gasteiger partial charge in [-0.3, -0.25) is 0 Å². The predicted molar refractivity (Wildman–Crippen MR) is 2.91 cm³/mol. The van der Waals surface area contributed by atoms with Crippen LogP contribution in [0.15, 0.2) is 0 Å². The quantitative estimate of drug-likeness (QED) is 0.594.